The first-order chi connectivity index (χ1) is 19.4. The summed E-state index contributed by atoms with van der Waals surface area (Å²) in [5.74, 6) is -0.864. The number of nitrogens with one attached hydrogen (secondary N) is 1. The van der Waals surface area contributed by atoms with Crippen LogP contribution in [0.15, 0.2) is 65.6 Å². The Morgan fingerprint density at radius 1 is 0.951 bits per heavy atom. The van der Waals surface area contributed by atoms with Gasteiger partial charge in [0.1, 0.15) is 12.6 Å². The Balaban J connectivity index is 2.06. The van der Waals surface area contributed by atoms with Crippen molar-refractivity contribution in [1.82, 2.24) is 10.2 Å². The van der Waals surface area contributed by atoms with Gasteiger partial charge in [-0.3, -0.25) is 13.9 Å². The lowest BCUT2D eigenvalue weighted by atomic mass is 10.1. The molecule has 0 saturated carbocycles. The maximum atomic E-state index is 14.1. The van der Waals surface area contributed by atoms with Crippen molar-refractivity contribution in [2.45, 2.75) is 64.9 Å². The number of halogens is 2. The van der Waals surface area contributed by atoms with Gasteiger partial charge in [-0.25, -0.2) is 8.42 Å². The number of anilines is 1. The molecule has 41 heavy (non-hydrogen) atoms. The third-order valence-corrected chi connectivity index (χ3v) is 9.58. The first-order valence-electron chi connectivity index (χ1n) is 13.5. The van der Waals surface area contributed by atoms with Crippen LogP contribution < -0.4 is 9.62 Å². The van der Waals surface area contributed by atoms with E-state index in [-0.39, 0.29) is 17.3 Å². The highest BCUT2D eigenvalue weighted by Crippen LogP contribution is 2.30. The van der Waals surface area contributed by atoms with Crippen LogP contribution >= 0.6 is 23.2 Å². The largest absolute Gasteiger partial charge is 0.354 e. The van der Waals surface area contributed by atoms with Crippen LogP contribution in [0.25, 0.3) is 0 Å². The predicted octanol–water partition coefficient (Wildman–Crippen LogP) is 6.45. The second-order valence-electron chi connectivity index (χ2n) is 10.1. The van der Waals surface area contributed by atoms with Gasteiger partial charge in [0, 0.05) is 13.1 Å². The maximum Gasteiger partial charge on any atom is 0.264 e. The number of aryl methyl sites for hydroxylation is 2. The molecule has 0 fully saturated rings. The van der Waals surface area contributed by atoms with Gasteiger partial charge in [0.05, 0.1) is 20.6 Å². The lowest BCUT2D eigenvalue weighted by Gasteiger charge is -2.32. The normalized spacial score (nSPS) is 12.1. The molecular formula is C31H37Cl2N3O4S. The van der Waals surface area contributed by atoms with Crippen LogP contribution in [0.3, 0.4) is 0 Å². The summed E-state index contributed by atoms with van der Waals surface area (Å²) < 4.78 is 29.2. The maximum absolute atomic E-state index is 14.1. The van der Waals surface area contributed by atoms with Crippen LogP contribution in [0.5, 0.6) is 0 Å². The molecule has 0 aliphatic rings. The number of carbonyl (C=O) groups excluding carboxylic acids is 2. The monoisotopic (exact) mass is 617 g/mol. The summed E-state index contributed by atoms with van der Waals surface area (Å²) >= 11 is 12.3. The van der Waals surface area contributed by atoms with Crippen molar-refractivity contribution in [1.29, 1.82) is 0 Å². The molecule has 0 spiro atoms. The molecule has 3 aromatic carbocycles. The van der Waals surface area contributed by atoms with E-state index < -0.39 is 28.5 Å². The van der Waals surface area contributed by atoms with E-state index in [1.165, 1.54) is 17.0 Å². The van der Waals surface area contributed by atoms with Gasteiger partial charge in [0.2, 0.25) is 11.8 Å². The van der Waals surface area contributed by atoms with Gasteiger partial charge < -0.3 is 10.2 Å². The van der Waals surface area contributed by atoms with E-state index in [2.05, 4.69) is 5.32 Å². The first kappa shape index (κ1) is 32.4. The Bertz CT molecular complexity index is 1490. The summed E-state index contributed by atoms with van der Waals surface area (Å²) in [6.45, 7) is 9.24. The second kappa shape index (κ2) is 14.2. The Morgan fingerprint density at radius 3 is 2.27 bits per heavy atom. The zero-order valence-corrected chi connectivity index (χ0v) is 26.4. The highest BCUT2D eigenvalue weighted by Gasteiger charge is 2.33. The molecular weight excluding hydrogens is 581 g/mol. The van der Waals surface area contributed by atoms with Crippen molar-refractivity contribution < 1.29 is 18.0 Å². The van der Waals surface area contributed by atoms with Crippen molar-refractivity contribution in [3.05, 3.63) is 93.0 Å². The number of carbonyl (C=O) groups is 2. The van der Waals surface area contributed by atoms with Crippen molar-refractivity contribution in [3.63, 3.8) is 0 Å². The van der Waals surface area contributed by atoms with Crippen LogP contribution in [0.2, 0.25) is 10.0 Å². The highest BCUT2D eigenvalue weighted by molar-refractivity contribution is 7.92. The van der Waals surface area contributed by atoms with E-state index in [1.54, 1.807) is 49.4 Å². The number of nitrogens with zero attached hydrogens (tertiary/aromatic N) is 2. The van der Waals surface area contributed by atoms with Crippen LogP contribution in [-0.2, 0) is 26.2 Å². The van der Waals surface area contributed by atoms with Gasteiger partial charge >= 0.3 is 0 Å². The van der Waals surface area contributed by atoms with E-state index in [0.717, 1.165) is 33.8 Å². The number of rotatable bonds is 12. The average molecular weight is 619 g/mol. The van der Waals surface area contributed by atoms with Crippen molar-refractivity contribution in [2.24, 2.45) is 0 Å². The van der Waals surface area contributed by atoms with Gasteiger partial charge in [-0.2, -0.15) is 0 Å². The molecule has 0 aromatic heterocycles. The topological polar surface area (TPSA) is 86.8 Å². The summed E-state index contributed by atoms with van der Waals surface area (Å²) in [4.78, 5) is 28.6. The van der Waals surface area contributed by atoms with Crippen molar-refractivity contribution in [2.75, 3.05) is 17.4 Å². The van der Waals surface area contributed by atoms with Crippen LogP contribution in [0, 0.1) is 20.8 Å². The molecule has 0 aliphatic carbocycles. The molecule has 1 atom stereocenters. The Labute approximate surface area is 253 Å². The fraction of sp³-hybridized carbons (Fsp3) is 0.355. The third-order valence-electron chi connectivity index (χ3n) is 7.07. The number of sulfonamides is 1. The Kier molecular flexibility index (Phi) is 11.2. The third kappa shape index (κ3) is 8.03. The number of unbranched alkanes of at least 4 members (excludes halogenated alkanes) is 1. The van der Waals surface area contributed by atoms with Gasteiger partial charge in [-0.1, -0.05) is 72.4 Å². The first-order valence-corrected chi connectivity index (χ1v) is 15.7. The summed E-state index contributed by atoms with van der Waals surface area (Å²) in [7, 11) is -4.14. The molecule has 220 valence electrons. The molecule has 0 radical (unpaired) electrons. The zero-order chi connectivity index (χ0) is 30.3. The minimum atomic E-state index is -4.14. The standard InChI is InChI=1S/C31H37Cl2N3O4S/c1-6-7-17-34-31(38)24(5)35(19-25-13-16-27(32)28(33)18-25)30(37)20-36(29-10-8-9-22(3)23(29)4)41(39,40)26-14-11-21(2)12-15-26/h8-16,18,24H,6-7,17,19-20H2,1-5H3,(H,34,38)/t24-/m0/s1. The average Bonchev–Trinajstić information content (AvgIpc) is 2.93. The Hall–Kier alpha value is -3.07. The van der Waals surface area contributed by atoms with E-state index in [4.69, 9.17) is 23.2 Å². The molecule has 0 saturated heterocycles. The second-order valence-corrected chi connectivity index (χ2v) is 12.8. The number of amides is 2. The molecule has 10 heteroatoms. The van der Waals surface area contributed by atoms with Gasteiger partial charge in [-0.15, -0.1) is 0 Å². The quantitative estimate of drug-likeness (QED) is 0.237. The smallest absolute Gasteiger partial charge is 0.264 e. The molecule has 3 aromatic rings. The fourth-order valence-corrected chi connectivity index (χ4v) is 6.10. The molecule has 2 amide bonds. The van der Waals surface area contributed by atoms with Crippen LogP contribution in [-0.4, -0.2) is 44.3 Å². The molecule has 0 heterocycles. The van der Waals surface area contributed by atoms with E-state index >= 15 is 0 Å². The molecule has 3 rings (SSSR count). The van der Waals surface area contributed by atoms with Gasteiger partial charge in [0.15, 0.2) is 0 Å². The number of hydrogen-bond donors (Lipinski definition) is 1. The lowest BCUT2D eigenvalue weighted by Crippen LogP contribution is -2.51. The molecule has 0 bridgehead atoms. The summed E-state index contributed by atoms with van der Waals surface area (Å²) in [6.07, 6.45) is 1.71. The van der Waals surface area contributed by atoms with Crippen molar-refractivity contribution >= 4 is 50.7 Å². The lowest BCUT2D eigenvalue weighted by molar-refractivity contribution is -0.139. The summed E-state index contributed by atoms with van der Waals surface area (Å²) in [5, 5.41) is 3.56. The van der Waals surface area contributed by atoms with Gasteiger partial charge in [-0.05, 0) is 81.1 Å². The molecule has 7 nitrogen and oxygen atoms in total. The summed E-state index contributed by atoms with van der Waals surface area (Å²) in [5.41, 5.74) is 3.58. The van der Waals surface area contributed by atoms with Crippen molar-refractivity contribution in [3.8, 4) is 0 Å². The number of benzene rings is 3. The van der Waals surface area contributed by atoms with E-state index in [9.17, 15) is 18.0 Å². The number of hydrogen-bond acceptors (Lipinski definition) is 4. The fourth-order valence-electron chi connectivity index (χ4n) is 4.31. The molecule has 1 N–H and O–H groups in total. The minimum Gasteiger partial charge on any atom is -0.354 e. The van der Waals surface area contributed by atoms with Crippen LogP contribution in [0.4, 0.5) is 5.69 Å². The zero-order valence-electron chi connectivity index (χ0n) is 24.1. The SMILES string of the molecule is CCCCNC(=O)[C@H](C)N(Cc1ccc(Cl)c(Cl)c1)C(=O)CN(c1cccc(C)c1C)S(=O)(=O)c1ccc(C)cc1. The minimum absolute atomic E-state index is 0.0311. The summed E-state index contributed by atoms with van der Waals surface area (Å²) in [6, 6.07) is 15.9. The molecule has 0 unspecified atom stereocenters. The van der Waals surface area contributed by atoms with E-state index in [1.807, 2.05) is 33.8 Å². The molecule has 0 aliphatic heterocycles. The van der Waals surface area contributed by atoms with Crippen LogP contribution in [0.1, 0.15) is 48.9 Å². The van der Waals surface area contributed by atoms with E-state index in [0.29, 0.717) is 27.8 Å². The predicted molar refractivity (Wildman–Crippen MR) is 166 cm³/mol. The Morgan fingerprint density at radius 2 is 1.63 bits per heavy atom. The highest BCUT2D eigenvalue weighted by atomic mass is 35.5. The van der Waals surface area contributed by atoms with Gasteiger partial charge in [0.25, 0.3) is 10.0 Å².